The van der Waals surface area contributed by atoms with Crippen LogP contribution in [0.25, 0.3) is 0 Å². The van der Waals surface area contributed by atoms with E-state index in [2.05, 4.69) is 12.6 Å². The molecule has 0 radical (unpaired) electrons. The van der Waals surface area contributed by atoms with Gasteiger partial charge in [0.2, 0.25) is 5.91 Å². The number of carboxylic acid groups (broad SMARTS) is 1. The van der Waals surface area contributed by atoms with E-state index >= 15 is 0 Å². The van der Waals surface area contributed by atoms with Crippen LogP contribution in [0.2, 0.25) is 5.02 Å². The van der Waals surface area contributed by atoms with Crippen LogP contribution in [0.3, 0.4) is 0 Å². The van der Waals surface area contributed by atoms with Crippen molar-refractivity contribution in [2.24, 2.45) is 0 Å². The predicted molar refractivity (Wildman–Crippen MR) is 70.9 cm³/mol. The van der Waals surface area contributed by atoms with E-state index in [0.717, 1.165) is 0 Å². The maximum absolute atomic E-state index is 11.8. The van der Waals surface area contributed by atoms with E-state index in [1.165, 1.54) is 4.90 Å². The van der Waals surface area contributed by atoms with Crippen molar-refractivity contribution in [1.29, 1.82) is 0 Å². The number of hydrogen-bond donors (Lipinski definition) is 2. The highest BCUT2D eigenvalue weighted by Gasteiger charge is 2.38. The summed E-state index contributed by atoms with van der Waals surface area (Å²) in [5, 5.41) is 9.56. The summed E-state index contributed by atoms with van der Waals surface area (Å²) in [6.07, 6.45) is 0.261. The highest BCUT2D eigenvalue weighted by Crippen LogP contribution is 2.32. The minimum absolute atomic E-state index is 0.123. The van der Waals surface area contributed by atoms with Crippen molar-refractivity contribution < 1.29 is 14.7 Å². The molecule has 6 heteroatoms. The van der Waals surface area contributed by atoms with E-state index in [-0.39, 0.29) is 17.6 Å². The molecular formula is C12H12ClNO3S. The molecule has 0 spiro atoms. The van der Waals surface area contributed by atoms with Crippen molar-refractivity contribution in [3.05, 3.63) is 34.9 Å². The van der Waals surface area contributed by atoms with Gasteiger partial charge in [-0.2, -0.15) is 12.6 Å². The zero-order valence-corrected chi connectivity index (χ0v) is 11.1. The van der Waals surface area contributed by atoms with Gasteiger partial charge in [0, 0.05) is 28.8 Å². The van der Waals surface area contributed by atoms with Crippen molar-refractivity contribution in [2.75, 3.05) is 6.54 Å². The summed E-state index contributed by atoms with van der Waals surface area (Å²) in [6, 6.07) is 5.63. The summed E-state index contributed by atoms with van der Waals surface area (Å²) in [5.74, 6) is -1.29. The Labute approximate surface area is 115 Å². The number of likely N-dealkylation sites (tertiary alicyclic amines) is 1. The minimum atomic E-state index is -1.08. The molecule has 2 atom stereocenters. The Kier molecular flexibility index (Phi) is 3.82. The van der Waals surface area contributed by atoms with Crippen LogP contribution >= 0.6 is 24.2 Å². The highest BCUT2D eigenvalue weighted by molar-refractivity contribution is 7.81. The molecule has 4 nitrogen and oxygen atoms in total. The molecule has 2 rings (SSSR count). The summed E-state index contributed by atoms with van der Waals surface area (Å²) in [7, 11) is 0. The number of halogens is 1. The molecule has 0 bridgehead atoms. The molecule has 1 unspecified atom stereocenters. The smallest absolute Gasteiger partial charge is 0.331 e. The standard InChI is InChI=1S/C12H12ClNO3S/c13-9-4-2-1-3-8(9)11(12(16)17)14-6-7(18)5-10(14)15/h1-4,7,11,18H,5-6H2,(H,16,17)/t7?,11-/m1/s1. The van der Waals surface area contributed by atoms with Crippen LogP contribution in [0.1, 0.15) is 18.0 Å². The number of carbonyl (C=O) groups excluding carboxylic acids is 1. The van der Waals surface area contributed by atoms with E-state index in [0.29, 0.717) is 17.1 Å². The van der Waals surface area contributed by atoms with Gasteiger partial charge in [0.05, 0.1) is 0 Å². The lowest BCUT2D eigenvalue weighted by molar-refractivity contribution is -0.148. The quantitative estimate of drug-likeness (QED) is 0.835. The number of thiol groups is 1. The first-order valence-corrected chi connectivity index (χ1v) is 6.35. The number of hydrogen-bond acceptors (Lipinski definition) is 3. The molecular weight excluding hydrogens is 274 g/mol. The fraction of sp³-hybridized carbons (Fsp3) is 0.333. The number of rotatable bonds is 3. The molecule has 1 N–H and O–H groups in total. The summed E-state index contributed by atoms with van der Waals surface area (Å²) in [6.45, 7) is 0.324. The first-order valence-electron chi connectivity index (χ1n) is 5.45. The van der Waals surface area contributed by atoms with Crippen LogP contribution in [0.5, 0.6) is 0 Å². The second-order valence-corrected chi connectivity index (χ2v) is 5.30. The van der Waals surface area contributed by atoms with Crippen molar-refractivity contribution in [3.63, 3.8) is 0 Å². The second kappa shape index (κ2) is 5.20. The fourth-order valence-electron chi connectivity index (χ4n) is 2.09. The van der Waals surface area contributed by atoms with Gasteiger partial charge >= 0.3 is 5.97 Å². The number of nitrogens with zero attached hydrogens (tertiary/aromatic N) is 1. The Hall–Kier alpha value is -1.20. The minimum Gasteiger partial charge on any atom is -0.479 e. The Morgan fingerprint density at radius 3 is 2.67 bits per heavy atom. The molecule has 0 aromatic heterocycles. The molecule has 1 saturated heterocycles. The first kappa shape index (κ1) is 13.2. The average molecular weight is 286 g/mol. The van der Waals surface area contributed by atoms with Crippen LogP contribution in [0.15, 0.2) is 24.3 Å². The molecule has 1 aromatic rings. The van der Waals surface area contributed by atoms with Crippen molar-refractivity contribution in [2.45, 2.75) is 17.7 Å². The first-order chi connectivity index (χ1) is 8.50. The lowest BCUT2D eigenvalue weighted by Gasteiger charge is -2.25. The van der Waals surface area contributed by atoms with Gasteiger partial charge in [-0.15, -0.1) is 0 Å². The molecule has 0 aliphatic carbocycles. The lowest BCUT2D eigenvalue weighted by Crippen LogP contribution is -2.35. The fourth-order valence-corrected chi connectivity index (χ4v) is 2.66. The Bertz CT molecular complexity index is 494. The molecule has 1 fully saturated rings. The zero-order chi connectivity index (χ0) is 13.3. The maximum atomic E-state index is 11.8. The molecule has 1 heterocycles. The van der Waals surface area contributed by atoms with Crippen molar-refractivity contribution in [1.82, 2.24) is 4.90 Å². The van der Waals surface area contributed by atoms with Crippen LogP contribution in [0, 0.1) is 0 Å². The SMILES string of the molecule is O=C(O)[C@@H](c1ccccc1Cl)N1CC(S)CC1=O. The number of carboxylic acids is 1. The van der Waals surface area contributed by atoms with Crippen LogP contribution < -0.4 is 0 Å². The third kappa shape index (κ3) is 2.47. The molecule has 1 amide bonds. The van der Waals surface area contributed by atoms with Gasteiger partial charge in [0.25, 0.3) is 0 Å². The van der Waals surface area contributed by atoms with E-state index in [9.17, 15) is 14.7 Å². The number of benzene rings is 1. The third-order valence-corrected chi connectivity index (χ3v) is 3.57. The Morgan fingerprint density at radius 1 is 1.50 bits per heavy atom. The number of amides is 1. The van der Waals surface area contributed by atoms with Gasteiger partial charge in [-0.1, -0.05) is 29.8 Å². The molecule has 1 aromatic carbocycles. The number of aliphatic carboxylic acids is 1. The maximum Gasteiger partial charge on any atom is 0.331 e. The van der Waals surface area contributed by atoms with E-state index in [1.54, 1.807) is 24.3 Å². The van der Waals surface area contributed by atoms with Gasteiger partial charge in [0.15, 0.2) is 6.04 Å². The summed E-state index contributed by atoms with van der Waals surface area (Å²) >= 11 is 10.2. The second-order valence-electron chi connectivity index (χ2n) is 4.17. The molecule has 1 aliphatic rings. The van der Waals surface area contributed by atoms with Crippen LogP contribution in [-0.2, 0) is 9.59 Å². The topological polar surface area (TPSA) is 57.6 Å². The average Bonchev–Trinajstić information content (AvgIpc) is 2.61. The van der Waals surface area contributed by atoms with Crippen molar-refractivity contribution in [3.8, 4) is 0 Å². The third-order valence-electron chi connectivity index (χ3n) is 2.88. The normalized spacial score (nSPS) is 21.1. The van der Waals surface area contributed by atoms with Gasteiger partial charge in [-0.25, -0.2) is 4.79 Å². The van der Waals surface area contributed by atoms with Gasteiger partial charge in [0.1, 0.15) is 0 Å². The molecule has 0 saturated carbocycles. The summed E-state index contributed by atoms with van der Waals surface area (Å²) in [5.41, 5.74) is 0.433. The Balaban J connectivity index is 2.38. The van der Waals surface area contributed by atoms with Crippen molar-refractivity contribution >= 4 is 36.1 Å². The molecule has 96 valence electrons. The molecule has 18 heavy (non-hydrogen) atoms. The van der Waals surface area contributed by atoms with E-state index in [4.69, 9.17) is 11.6 Å². The van der Waals surface area contributed by atoms with Crippen LogP contribution in [0.4, 0.5) is 0 Å². The highest BCUT2D eigenvalue weighted by atomic mass is 35.5. The van der Waals surface area contributed by atoms with E-state index < -0.39 is 12.0 Å². The summed E-state index contributed by atoms with van der Waals surface area (Å²) < 4.78 is 0. The molecule has 1 aliphatic heterocycles. The lowest BCUT2D eigenvalue weighted by atomic mass is 10.1. The van der Waals surface area contributed by atoms with Gasteiger partial charge in [-0.3, -0.25) is 4.79 Å². The predicted octanol–water partition coefficient (Wildman–Crippen LogP) is 2.00. The number of carbonyl (C=O) groups is 2. The van der Waals surface area contributed by atoms with Gasteiger partial charge < -0.3 is 10.0 Å². The van der Waals surface area contributed by atoms with Gasteiger partial charge in [-0.05, 0) is 6.07 Å². The summed E-state index contributed by atoms with van der Waals surface area (Å²) in [4.78, 5) is 24.5. The van der Waals surface area contributed by atoms with E-state index in [1.807, 2.05) is 0 Å². The zero-order valence-electron chi connectivity index (χ0n) is 9.41. The largest absolute Gasteiger partial charge is 0.479 e. The Morgan fingerprint density at radius 2 is 2.17 bits per heavy atom. The van der Waals surface area contributed by atoms with Crippen LogP contribution in [-0.4, -0.2) is 33.7 Å². The monoisotopic (exact) mass is 285 g/mol.